The molecule has 1 heterocycles. The van der Waals surface area contributed by atoms with Crippen LogP contribution in [0.25, 0.3) is 0 Å². The Morgan fingerprint density at radius 1 is 1.53 bits per heavy atom. The molecule has 4 nitrogen and oxygen atoms in total. The fourth-order valence-electron chi connectivity index (χ4n) is 1.69. The van der Waals surface area contributed by atoms with Gasteiger partial charge in [0.15, 0.2) is 0 Å². The molecule has 1 atom stereocenters. The van der Waals surface area contributed by atoms with E-state index in [-0.39, 0.29) is 12.1 Å². The molecule has 0 spiro atoms. The standard InChI is InChI=1S/C12H18N2O2S/c15-11(9-3-4-9)5-6-13-12(16)14-8-10-2-1-7-17-10/h1-2,7,9,11,15H,3-6,8H2,(H2,13,14,16). The number of aliphatic hydroxyl groups is 1. The van der Waals surface area contributed by atoms with E-state index in [1.165, 1.54) is 0 Å². The Morgan fingerprint density at radius 3 is 3.00 bits per heavy atom. The summed E-state index contributed by atoms with van der Waals surface area (Å²) in [5.41, 5.74) is 0. The van der Waals surface area contributed by atoms with Gasteiger partial charge in [-0.1, -0.05) is 6.07 Å². The van der Waals surface area contributed by atoms with Crippen LogP contribution in [0.3, 0.4) is 0 Å². The highest BCUT2D eigenvalue weighted by Crippen LogP contribution is 2.33. The average molecular weight is 254 g/mol. The summed E-state index contributed by atoms with van der Waals surface area (Å²) < 4.78 is 0. The molecular weight excluding hydrogens is 236 g/mol. The lowest BCUT2D eigenvalue weighted by Gasteiger charge is -2.10. The van der Waals surface area contributed by atoms with Crippen molar-refractivity contribution in [3.05, 3.63) is 22.4 Å². The minimum Gasteiger partial charge on any atom is -0.393 e. The lowest BCUT2D eigenvalue weighted by molar-refractivity contribution is 0.141. The van der Waals surface area contributed by atoms with Gasteiger partial charge in [-0.3, -0.25) is 0 Å². The van der Waals surface area contributed by atoms with E-state index in [0.717, 1.165) is 17.7 Å². The summed E-state index contributed by atoms with van der Waals surface area (Å²) in [5.74, 6) is 0.478. The van der Waals surface area contributed by atoms with Gasteiger partial charge in [0.2, 0.25) is 0 Å². The van der Waals surface area contributed by atoms with Crippen molar-refractivity contribution in [2.45, 2.75) is 31.9 Å². The number of carbonyl (C=O) groups is 1. The Hall–Kier alpha value is -1.07. The second kappa shape index (κ2) is 6.02. The highest BCUT2D eigenvalue weighted by atomic mass is 32.1. The first kappa shape index (κ1) is 12.4. The first-order valence-electron chi connectivity index (χ1n) is 5.98. The molecule has 1 aromatic rings. The number of aliphatic hydroxyl groups excluding tert-OH is 1. The Morgan fingerprint density at radius 2 is 2.35 bits per heavy atom. The Labute approximate surface area is 105 Å². The fraction of sp³-hybridized carbons (Fsp3) is 0.583. The van der Waals surface area contributed by atoms with Gasteiger partial charge in [0.05, 0.1) is 12.6 Å². The van der Waals surface area contributed by atoms with Gasteiger partial charge in [0.25, 0.3) is 0 Å². The zero-order chi connectivity index (χ0) is 12.1. The molecule has 3 N–H and O–H groups in total. The molecule has 94 valence electrons. The quantitative estimate of drug-likeness (QED) is 0.723. The van der Waals surface area contributed by atoms with Crippen LogP contribution in [0.2, 0.25) is 0 Å². The number of hydrogen-bond donors (Lipinski definition) is 3. The van der Waals surface area contributed by atoms with Gasteiger partial charge < -0.3 is 15.7 Å². The zero-order valence-electron chi connectivity index (χ0n) is 9.69. The normalized spacial score (nSPS) is 16.5. The van der Waals surface area contributed by atoms with E-state index >= 15 is 0 Å². The number of carbonyl (C=O) groups excluding carboxylic acids is 1. The largest absolute Gasteiger partial charge is 0.393 e. The molecule has 2 amide bonds. The number of urea groups is 1. The maximum Gasteiger partial charge on any atom is 0.315 e. The summed E-state index contributed by atoms with van der Waals surface area (Å²) >= 11 is 1.62. The molecule has 1 unspecified atom stereocenters. The minimum atomic E-state index is -0.243. The van der Waals surface area contributed by atoms with Crippen LogP contribution in [0.5, 0.6) is 0 Å². The predicted octanol–water partition coefficient (Wildman–Crippen LogP) is 1.71. The van der Waals surface area contributed by atoms with Gasteiger partial charge in [-0.05, 0) is 36.6 Å². The smallest absolute Gasteiger partial charge is 0.315 e. The molecule has 0 aliphatic heterocycles. The topological polar surface area (TPSA) is 61.4 Å². The van der Waals surface area contributed by atoms with Gasteiger partial charge in [0.1, 0.15) is 0 Å². The van der Waals surface area contributed by atoms with Crippen LogP contribution in [0.15, 0.2) is 17.5 Å². The zero-order valence-corrected chi connectivity index (χ0v) is 10.5. The van der Waals surface area contributed by atoms with E-state index in [0.29, 0.717) is 25.4 Å². The lowest BCUT2D eigenvalue weighted by atomic mass is 10.2. The Bertz CT molecular complexity index is 349. The van der Waals surface area contributed by atoms with Gasteiger partial charge in [-0.2, -0.15) is 0 Å². The van der Waals surface area contributed by atoms with Crippen molar-refractivity contribution >= 4 is 17.4 Å². The summed E-state index contributed by atoms with van der Waals surface area (Å²) in [5, 5.41) is 17.1. The molecule has 0 saturated heterocycles. The molecule has 0 bridgehead atoms. The van der Waals surface area contributed by atoms with Crippen LogP contribution in [-0.4, -0.2) is 23.8 Å². The van der Waals surface area contributed by atoms with Gasteiger partial charge in [-0.15, -0.1) is 11.3 Å². The average Bonchev–Trinajstić information content (AvgIpc) is 3.04. The third-order valence-electron chi connectivity index (χ3n) is 2.90. The molecule has 0 radical (unpaired) electrons. The van der Waals surface area contributed by atoms with E-state index in [1.807, 2.05) is 17.5 Å². The molecule has 0 aromatic carbocycles. The van der Waals surface area contributed by atoms with Crippen molar-refractivity contribution in [2.75, 3.05) is 6.54 Å². The maximum atomic E-state index is 11.4. The summed E-state index contributed by atoms with van der Waals surface area (Å²) in [4.78, 5) is 12.5. The Balaban J connectivity index is 1.54. The van der Waals surface area contributed by atoms with Crippen LogP contribution in [0.4, 0.5) is 4.79 Å². The molecular formula is C12H18N2O2S. The fourth-order valence-corrected chi connectivity index (χ4v) is 2.34. The second-order valence-corrected chi connectivity index (χ2v) is 5.41. The number of amides is 2. The predicted molar refractivity (Wildman–Crippen MR) is 67.9 cm³/mol. The van der Waals surface area contributed by atoms with Gasteiger partial charge in [0, 0.05) is 11.4 Å². The SMILES string of the molecule is O=C(NCCC(O)C1CC1)NCc1cccs1. The van der Waals surface area contributed by atoms with Crippen LogP contribution in [-0.2, 0) is 6.54 Å². The highest BCUT2D eigenvalue weighted by Gasteiger charge is 2.29. The lowest BCUT2D eigenvalue weighted by Crippen LogP contribution is -2.36. The van der Waals surface area contributed by atoms with Crippen LogP contribution >= 0.6 is 11.3 Å². The van der Waals surface area contributed by atoms with Gasteiger partial charge >= 0.3 is 6.03 Å². The van der Waals surface area contributed by atoms with Crippen molar-refractivity contribution in [1.82, 2.24) is 10.6 Å². The molecule has 2 rings (SSSR count). The highest BCUT2D eigenvalue weighted by molar-refractivity contribution is 7.09. The van der Waals surface area contributed by atoms with Crippen molar-refractivity contribution in [2.24, 2.45) is 5.92 Å². The Kier molecular flexibility index (Phi) is 4.39. The van der Waals surface area contributed by atoms with E-state index in [4.69, 9.17) is 0 Å². The number of hydrogen-bond acceptors (Lipinski definition) is 3. The van der Waals surface area contributed by atoms with E-state index < -0.39 is 0 Å². The van der Waals surface area contributed by atoms with E-state index in [9.17, 15) is 9.90 Å². The molecule has 17 heavy (non-hydrogen) atoms. The van der Waals surface area contributed by atoms with Crippen LogP contribution in [0.1, 0.15) is 24.1 Å². The number of thiophene rings is 1. The van der Waals surface area contributed by atoms with Crippen molar-refractivity contribution < 1.29 is 9.90 Å². The summed E-state index contributed by atoms with van der Waals surface area (Å²) in [6.07, 6.45) is 2.67. The van der Waals surface area contributed by atoms with Crippen molar-refractivity contribution in [3.8, 4) is 0 Å². The monoisotopic (exact) mass is 254 g/mol. The second-order valence-electron chi connectivity index (χ2n) is 4.38. The van der Waals surface area contributed by atoms with Gasteiger partial charge in [-0.25, -0.2) is 4.79 Å². The first-order valence-corrected chi connectivity index (χ1v) is 6.86. The molecule has 1 saturated carbocycles. The summed E-state index contributed by atoms with van der Waals surface area (Å²) in [6.45, 7) is 1.10. The molecule has 5 heteroatoms. The molecule has 1 aromatic heterocycles. The van der Waals surface area contributed by atoms with Crippen LogP contribution in [0, 0.1) is 5.92 Å². The molecule has 1 fully saturated rings. The molecule has 1 aliphatic rings. The minimum absolute atomic E-state index is 0.165. The summed E-state index contributed by atoms with van der Waals surface area (Å²) in [6, 6.07) is 3.79. The third kappa shape index (κ3) is 4.36. The first-order chi connectivity index (χ1) is 8.25. The van der Waals surface area contributed by atoms with E-state index in [2.05, 4.69) is 10.6 Å². The summed E-state index contributed by atoms with van der Waals surface area (Å²) in [7, 11) is 0. The third-order valence-corrected chi connectivity index (χ3v) is 3.77. The molecule has 1 aliphatic carbocycles. The van der Waals surface area contributed by atoms with E-state index in [1.54, 1.807) is 11.3 Å². The maximum absolute atomic E-state index is 11.4. The number of rotatable bonds is 6. The van der Waals surface area contributed by atoms with Crippen molar-refractivity contribution in [1.29, 1.82) is 0 Å². The van der Waals surface area contributed by atoms with Crippen LogP contribution < -0.4 is 10.6 Å². The van der Waals surface area contributed by atoms with Crippen molar-refractivity contribution in [3.63, 3.8) is 0 Å². The number of nitrogens with one attached hydrogen (secondary N) is 2.